The molecule has 1 heterocycles. The Bertz CT molecular complexity index is 304. The van der Waals surface area contributed by atoms with Gasteiger partial charge in [0.1, 0.15) is 0 Å². The van der Waals surface area contributed by atoms with Gasteiger partial charge < -0.3 is 10.1 Å². The molecule has 2 nitrogen and oxygen atoms in total. The van der Waals surface area contributed by atoms with Crippen LogP contribution in [0.15, 0.2) is 0 Å². The van der Waals surface area contributed by atoms with E-state index >= 15 is 0 Å². The Labute approximate surface area is 126 Å². The highest BCUT2D eigenvalue weighted by Gasteiger charge is 2.36. The van der Waals surface area contributed by atoms with E-state index in [9.17, 15) is 0 Å². The predicted molar refractivity (Wildman–Crippen MR) is 85.9 cm³/mol. The van der Waals surface area contributed by atoms with Crippen LogP contribution >= 0.6 is 0 Å². The SMILES string of the molecule is CCC1(C)CC(NC2CC(C)CCC2C(C)C)CCO1. The van der Waals surface area contributed by atoms with E-state index in [-0.39, 0.29) is 5.60 Å². The topological polar surface area (TPSA) is 21.3 Å². The summed E-state index contributed by atoms with van der Waals surface area (Å²) in [6, 6.07) is 1.38. The van der Waals surface area contributed by atoms with Crippen LogP contribution in [-0.4, -0.2) is 24.3 Å². The lowest BCUT2D eigenvalue weighted by Crippen LogP contribution is -2.52. The summed E-state index contributed by atoms with van der Waals surface area (Å²) < 4.78 is 5.99. The van der Waals surface area contributed by atoms with Crippen LogP contribution in [0.2, 0.25) is 0 Å². The lowest BCUT2D eigenvalue weighted by Gasteiger charge is -2.44. The maximum atomic E-state index is 5.99. The third-order valence-corrected chi connectivity index (χ3v) is 5.81. The van der Waals surface area contributed by atoms with E-state index in [1.165, 1.54) is 32.1 Å². The second kappa shape index (κ2) is 6.79. The zero-order valence-corrected chi connectivity index (χ0v) is 14.2. The molecule has 2 aliphatic rings. The molecule has 5 atom stereocenters. The minimum absolute atomic E-state index is 0.101. The Kier molecular flexibility index (Phi) is 5.53. The van der Waals surface area contributed by atoms with Gasteiger partial charge in [0.15, 0.2) is 0 Å². The maximum Gasteiger partial charge on any atom is 0.0666 e. The van der Waals surface area contributed by atoms with Crippen LogP contribution < -0.4 is 5.32 Å². The lowest BCUT2D eigenvalue weighted by molar-refractivity contribution is -0.0809. The molecule has 20 heavy (non-hydrogen) atoms. The molecule has 2 fully saturated rings. The number of hydrogen-bond acceptors (Lipinski definition) is 2. The van der Waals surface area contributed by atoms with Crippen molar-refractivity contribution in [3.63, 3.8) is 0 Å². The molecule has 1 N–H and O–H groups in total. The summed E-state index contributed by atoms with van der Waals surface area (Å²) in [5, 5.41) is 4.03. The molecule has 2 rings (SSSR count). The molecule has 118 valence electrons. The van der Waals surface area contributed by atoms with E-state index in [1.807, 2.05) is 0 Å². The summed E-state index contributed by atoms with van der Waals surface area (Å²) in [7, 11) is 0. The summed E-state index contributed by atoms with van der Waals surface area (Å²) >= 11 is 0. The maximum absolute atomic E-state index is 5.99. The van der Waals surface area contributed by atoms with Crippen LogP contribution in [-0.2, 0) is 4.74 Å². The van der Waals surface area contributed by atoms with Crippen molar-refractivity contribution in [3.05, 3.63) is 0 Å². The van der Waals surface area contributed by atoms with Crippen molar-refractivity contribution in [1.82, 2.24) is 5.32 Å². The highest BCUT2D eigenvalue weighted by atomic mass is 16.5. The molecule has 0 radical (unpaired) electrons. The van der Waals surface area contributed by atoms with Gasteiger partial charge in [-0.15, -0.1) is 0 Å². The third-order valence-electron chi connectivity index (χ3n) is 5.81. The van der Waals surface area contributed by atoms with Crippen LogP contribution in [0.4, 0.5) is 0 Å². The van der Waals surface area contributed by atoms with Gasteiger partial charge in [-0.05, 0) is 56.8 Å². The van der Waals surface area contributed by atoms with Crippen molar-refractivity contribution in [2.75, 3.05) is 6.61 Å². The van der Waals surface area contributed by atoms with Crippen LogP contribution in [0.5, 0.6) is 0 Å². The Morgan fingerprint density at radius 1 is 1.25 bits per heavy atom. The molecule has 0 spiro atoms. The molecule has 0 amide bonds. The van der Waals surface area contributed by atoms with E-state index in [1.54, 1.807) is 0 Å². The van der Waals surface area contributed by atoms with E-state index in [4.69, 9.17) is 4.74 Å². The summed E-state index contributed by atoms with van der Waals surface area (Å²) in [4.78, 5) is 0. The Morgan fingerprint density at radius 2 is 2.00 bits per heavy atom. The van der Waals surface area contributed by atoms with Gasteiger partial charge in [0.05, 0.1) is 5.60 Å². The van der Waals surface area contributed by atoms with Gasteiger partial charge >= 0.3 is 0 Å². The van der Waals surface area contributed by atoms with Crippen molar-refractivity contribution < 1.29 is 4.74 Å². The van der Waals surface area contributed by atoms with Gasteiger partial charge in [0.2, 0.25) is 0 Å². The summed E-state index contributed by atoms with van der Waals surface area (Å²) in [6.07, 6.45) is 7.68. The monoisotopic (exact) mass is 281 g/mol. The Morgan fingerprint density at radius 3 is 2.65 bits per heavy atom. The first kappa shape index (κ1) is 16.3. The molecule has 2 heteroatoms. The molecule has 0 bridgehead atoms. The zero-order chi connectivity index (χ0) is 14.8. The van der Waals surface area contributed by atoms with Crippen LogP contribution in [0.3, 0.4) is 0 Å². The molecule has 5 unspecified atom stereocenters. The molecule has 0 aromatic rings. The van der Waals surface area contributed by atoms with Gasteiger partial charge in [-0.1, -0.05) is 34.1 Å². The number of rotatable bonds is 4. The quantitative estimate of drug-likeness (QED) is 0.825. The molecular formula is C18H35NO. The lowest BCUT2D eigenvalue weighted by atomic mass is 9.73. The molecule has 1 aliphatic carbocycles. The van der Waals surface area contributed by atoms with E-state index in [2.05, 4.69) is 39.9 Å². The van der Waals surface area contributed by atoms with E-state index < -0.39 is 0 Å². The average molecular weight is 281 g/mol. The average Bonchev–Trinajstić information content (AvgIpc) is 2.38. The van der Waals surface area contributed by atoms with Crippen molar-refractivity contribution >= 4 is 0 Å². The molecule has 1 aliphatic heterocycles. The molecule has 1 saturated heterocycles. The van der Waals surface area contributed by atoms with Gasteiger partial charge in [0.25, 0.3) is 0 Å². The van der Waals surface area contributed by atoms with Crippen molar-refractivity contribution in [3.8, 4) is 0 Å². The first-order valence-electron chi connectivity index (χ1n) is 8.83. The second-order valence-corrected chi connectivity index (χ2v) is 7.94. The smallest absolute Gasteiger partial charge is 0.0666 e. The van der Waals surface area contributed by atoms with Gasteiger partial charge in [-0.25, -0.2) is 0 Å². The minimum Gasteiger partial charge on any atom is -0.375 e. The third kappa shape index (κ3) is 3.98. The molecular weight excluding hydrogens is 246 g/mol. The summed E-state index contributed by atoms with van der Waals surface area (Å²) in [6.45, 7) is 12.7. The highest BCUT2D eigenvalue weighted by molar-refractivity contribution is 4.91. The van der Waals surface area contributed by atoms with Crippen molar-refractivity contribution in [1.29, 1.82) is 0 Å². The van der Waals surface area contributed by atoms with Gasteiger partial charge in [0, 0.05) is 18.7 Å². The first-order chi connectivity index (χ1) is 9.43. The first-order valence-corrected chi connectivity index (χ1v) is 8.83. The van der Waals surface area contributed by atoms with E-state index in [0.29, 0.717) is 6.04 Å². The number of ether oxygens (including phenoxy) is 1. The largest absolute Gasteiger partial charge is 0.375 e. The predicted octanol–water partition coefficient (Wildman–Crippen LogP) is 4.38. The summed E-state index contributed by atoms with van der Waals surface area (Å²) in [5.74, 6) is 2.55. The van der Waals surface area contributed by atoms with E-state index in [0.717, 1.165) is 36.8 Å². The Balaban J connectivity index is 1.95. The van der Waals surface area contributed by atoms with Crippen LogP contribution in [0.25, 0.3) is 0 Å². The van der Waals surface area contributed by atoms with Crippen molar-refractivity contribution in [2.24, 2.45) is 17.8 Å². The fourth-order valence-electron chi connectivity index (χ4n) is 4.22. The van der Waals surface area contributed by atoms with Gasteiger partial charge in [-0.3, -0.25) is 0 Å². The highest BCUT2D eigenvalue weighted by Crippen LogP contribution is 2.35. The van der Waals surface area contributed by atoms with Crippen molar-refractivity contribution in [2.45, 2.75) is 90.8 Å². The fourth-order valence-corrected chi connectivity index (χ4v) is 4.22. The van der Waals surface area contributed by atoms with Crippen LogP contribution in [0, 0.1) is 17.8 Å². The molecule has 1 saturated carbocycles. The fraction of sp³-hybridized carbons (Fsp3) is 1.00. The minimum atomic E-state index is 0.101. The number of nitrogens with one attached hydrogen (secondary N) is 1. The zero-order valence-electron chi connectivity index (χ0n) is 14.2. The molecule has 0 aromatic carbocycles. The standard InChI is InChI=1S/C18H35NO/c1-6-18(5)12-15(9-10-20-18)19-17-11-14(4)7-8-16(17)13(2)3/h13-17,19H,6-12H2,1-5H3. The second-order valence-electron chi connectivity index (χ2n) is 7.94. The normalized spacial score (nSPS) is 42.9. The van der Waals surface area contributed by atoms with Gasteiger partial charge in [-0.2, -0.15) is 0 Å². The Hall–Kier alpha value is -0.0800. The molecule has 0 aromatic heterocycles. The summed E-state index contributed by atoms with van der Waals surface area (Å²) in [5.41, 5.74) is 0.101. The number of hydrogen-bond donors (Lipinski definition) is 1. The van der Waals surface area contributed by atoms with Crippen LogP contribution in [0.1, 0.15) is 73.1 Å².